The lowest BCUT2D eigenvalue weighted by Gasteiger charge is -2.32. The van der Waals surface area contributed by atoms with Crippen molar-refractivity contribution in [1.82, 2.24) is 19.7 Å². The van der Waals surface area contributed by atoms with Crippen LogP contribution in [0.5, 0.6) is 0 Å². The predicted octanol–water partition coefficient (Wildman–Crippen LogP) is 3.48. The number of rotatable bonds is 4. The first kappa shape index (κ1) is 18.4. The molecule has 1 aromatic carbocycles. The smallest absolute Gasteiger partial charge is 0.229 e. The van der Waals surface area contributed by atoms with Crippen LogP contribution in [0.15, 0.2) is 49.1 Å². The number of benzene rings is 1. The van der Waals surface area contributed by atoms with Crippen molar-refractivity contribution in [3.05, 3.63) is 59.6 Å². The largest absolute Gasteiger partial charge is 0.354 e. The molecule has 144 valence electrons. The highest BCUT2D eigenvalue weighted by Crippen LogP contribution is 2.26. The van der Waals surface area contributed by atoms with Gasteiger partial charge < -0.3 is 10.2 Å². The Morgan fingerprint density at radius 3 is 2.79 bits per heavy atom. The lowest BCUT2D eigenvalue weighted by Crippen LogP contribution is -2.41. The van der Waals surface area contributed by atoms with E-state index in [2.05, 4.69) is 25.4 Å². The topological polar surface area (TPSA) is 75.9 Å². The molecule has 2 aromatic heterocycles. The summed E-state index contributed by atoms with van der Waals surface area (Å²) in [6.45, 7) is 3.38. The van der Waals surface area contributed by atoms with Crippen LogP contribution in [0.4, 0.5) is 11.5 Å². The van der Waals surface area contributed by atoms with Gasteiger partial charge in [-0.25, -0.2) is 4.98 Å². The first-order chi connectivity index (χ1) is 13.6. The van der Waals surface area contributed by atoms with E-state index in [4.69, 9.17) is 11.6 Å². The predicted molar refractivity (Wildman–Crippen MR) is 109 cm³/mol. The number of nitrogens with zero attached hydrogens (tertiary/aromatic N) is 5. The fraction of sp³-hybridized carbons (Fsp3) is 0.300. The van der Waals surface area contributed by atoms with Crippen molar-refractivity contribution in [2.24, 2.45) is 5.92 Å². The van der Waals surface area contributed by atoms with Gasteiger partial charge in [0, 0.05) is 36.2 Å². The molecule has 0 aliphatic carbocycles. The van der Waals surface area contributed by atoms with Gasteiger partial charge in [-0.2, -0.15) is 0 Å². The second kappa shape index (κ2) is 7.98. The van der Waals surface area contributed by atoms with E-state index >= 15 is 0 Å². The number of anilines is 2. The van der Waals surface area contributed by atoms with Gasteiger partial charge in [-0.3, -0.25) is 9.36 Å². The summed E-state index contributed by atoms with van der Waals surface area (Å²) in [4.78, 5) is 18.9. The maximum Gasteiger partial charge on any atom is 0.229 e. The van der Waals surface area contributed by atoms with Gasteiger partial charge in [0.2, 0.25) is 5.91 Å². The Morgan fingerprint density at radius 1 is 1.21 bits per heavy atom. The second-order valence-electron chi connectivity index (χ2n) is 6.91. The van der Waals surface area contributed by atoms with E-state index in [0.29, 0.717) is 17.4 Å². The molecule has 0 bridgehead atoms. The molecule has 1 fully saturated rings. The van der Waals surface area contributed by atoms with Gasteiger partial charge in [0.1, 0.15) is 6.33 Å². The van der Waals surface area contributed by atoms with Crippen molar-refractivity contribution in [2.75, 3.05) is 23.3 Å². The van der Waals surface area contributed by atoms with Crippen LogP contribution in [0.1, 0.15) is 18.4 Å². The lowest BCUT2D eigenvalue weighted by atomic mass is 9.97. The third kappa shape index (κ3) is 3.84. The summed E-state index contributed by atoms with van der Waals surface area (Å²) in [5, 5.41) is 12.3. The highest BCUT2D eigenvalue weighted by molar-refractivity contribution is 6.31. The molecule has 1 unspecified atom stereocenters. The van der Waals surface area contributed by atoms with Gasteiger partial charge in [0.25, 0.3) is 0 Å². The van der Waals surface area contributed by atoms with Gasteiger partial charge in [0.05, 0.1) is 5.92 Å². The molecule has 1 N–H and O–H groups in total. The summed E-state index contributed by atoms with van der Waals surface area (Å²) < 4.78 is 1.80. The monoisotopic (exact) mass is 396 g/mol. The fourth-order valence-electron chi connectivity index (χ4n) is 3.40. The van der Waals surface area contributed by atoms with Gasteiger partial charge in [-0.15, -0.1) is 10.2 Å². The Morgan fingerprint density at radius 2 is 2.04 bits per heavy atom. The summed E-state index contributed by atoms with van der Waals surface area (Å²) in [6, 6.07) is 9.38. The molecule has 1 aliphatic rings. The first-order valence-corrected chi connectivity index (χ1v) is 9.62. The molecule has 28 heavy (non-hydrogen) atoms. The third-order valence-electron chi connectivity index (χ3n) is 5.05. The molecule has 0 spiro atoms. The zero-order valence-corrected chi connectivity index (χ0v) is 16.3. The number of carbonyl (C=O) groups excluding carboxylic acids is 1. The molecule has 4 rings (SSSR count). The van der Waals surface area contributed by atoms with E-state index in [1.54, 1.807) is 17.1 Å². The SMILES string of the molecule is Cc1c(Cl)cccc1NC(=O)C1CCCN(c2ccc(-n3ccnc3)nn2)C1. The average molecular weight is 397 g/mol. The van der Waals surface area contributed by atoms with Gasteiger partial charge >= 0.3 is 0 Å². The van der Waals surface area contributed by atoms with Crippen LogP contribution >= 0.6 is 11.6 Å². The number of carbonyl (C=O) groups is 1. The van der Waals surface area contributed by atoms with Crippen molar-refractivity contribution in [3.8, 4) is 5.82 Å². The first-order valence-electron chi connectivity index (χ1n) is 9.25. The van der Waals surface area contributed by atoms with Crippen LogP contribution in [0.2, 0.25) is 5.02 Å². The molecule has 8 heteroatoms. The molecular formula is C20H21ClN6O. The van der Waals surface area contributed by atoms with E-state index in [-0.39, 0.29) is 11.8 Å². The van der Waals surface area contributed by atoms with E-state index in [1.807, 2.05) is 43.5 Å². The molecule has 3 heterocycles. The lowest BCUT2D eigenvalue weighted by molar-refractivity contribution is -0.120. The highest BCUT2D eigenvalue weighted by atomic mass is 35.5. The van der Waals surface area contributed by atoms with Crippen molar-refractivity contribution in [2.45, 2.75) is 19.8 Å². The Kier molecular flexibility index (Phi) is 5.25. The second-order valence-corrected chi connectivity index (χ2v) is 7.31. The Hall–Kier alpha value is -2.93. The zero-order valence-electron chi connectivity index (χ0n) is 15.5. The molecule has 0 radical (unpaired) electrons. The van der Waals surface area contributed by atoms with Crippen LogP contribution in [0, 0.1) is 12.8 Å². The standard InChI is InChI=1S/C20H21ClN6O/c1-14-16(21)5-2-6-17(14)23-20(28)15-4-3-10-26(12-15)18-7-8-19(25-24-18)27-11-9-22-13-27/h2,5-9,11,13,15H,3-4,10,12H2,1H3,(H,23,28). The Balaban J connectivity index is 1.44. The van der Waals surface area contributed by atoms with Crippen LogP contribution in [0.3, 0.4) is 0 Å². The van der Waals surface area contributed by atoms with Crippen molar-refractivity contribution in [3.63, 3.8) is 0 Å². The molecule has 1 atom stereocenters. The number of halogens is 1. The molecule has 7 nitrogen and oxygen atoms in total. The molecule has 1 aliphatic heterocycles. The summed E-state index contributed by atoms with van der Waals surface area (Å²) in [5.74, 6) is 1.39. The summed E-state index contributed by atoms with van der Waals surface area (Å²) >= 11 is 6.16. The van der Waals surface area contributed by atoms with Crippen LogP contribution in [-0.2, 0) is 4.79 Å². The Bertz CT molecular complexity index is 957. The number of hydrogen-bond donors (Lipinski definition) is 1. The van der Waals surface area contributed by atoms with Gasteiger partial charge in [0.15, 0.2) is 11.6 Å². The number of piperidine rings is 1. The molecule has 1 saturated heterocycles. The number of imidazole rings is 1. The van der Waals surface area contributed by atoms with Crippen LogP contribution in [0.25, 0.3) is 5.82 Å². The molecule has 1 amide bonds. The third-order valence-corrected chi connectivity index (χ3v) is 5.46. The fourth-order valence-corrected chi connectivity index (χ4v) is 3.57. The summed E-state index contributed by atoms with van der Waals surface area (Å²) in [6.07, 6.45) is 6.98. The van der Waals surface area contributed by atoms with Crippen molar-refractivity contribution >= 4 is 29.0 Å². The molecular weight excluding hydrogens is 376 g/mol. The van der Waals surface area contributed by atoms with E-state index < -0.39 is 0 Å². The highest BCUT2D eigenvalue weighted by Gasteiger charge is 2.27. The van der Waals surface area contributed by atoms with Crippen LogP contribution < -0.4 is 10.2 Å². The number of aromatic nitrogens is 4. The maximum atomic E-state index is 12.8. The zero-order chi connectivity index (χ0) is 19.5. The summed E-state index contributed by atoms with van der Waals surface area (Å²) in [7, 11) is 0. The van der Waals surface area contributed by atoms with Crippen molar-refractivity contribution in [1.29, 1.82) is 0 Å². The molecule has 0 saturated carbocycles. The van der Waals surface area contributed by atoms with E-state index in [0.717, 1.165) is 36.5 Å². The number of nitrogens with one attached hydrogen (secondary N) is 1. The van der Waals surface area contributed by atoms with E-state index in [1.165, 1.54) is 0 Å². The van der Waals surface area contributed by atoms with Crippen molar-refractivity contribution < 1.29 is 4.79 Å². The number of amides is 1. The number of hydrogen-bond acceptors (Lipinski definition) is 5. The average Bonchev–Trinajstić information content (AvgIpc) is 3.26. The maximum absolute atomic E-state index is 12.8. The summed E-state index contributed by atoms with van der Waals surface area (Å²) in [5.41, 5.74) is 1.64. The minimum Gasteiger partial charge on any atom is -0.354 e. The quantitative estimate of drug-likeness (QED) is 0.730. The minimum absolute atomic E-state index is 0.0121. The minimum atomic E-state index is -0.109. The van der Waals surface area contributed by atoms with Crippen LogP contribution in [-0.4, -0.2) is 38.7 Å². The van der Waals surface area contributed by atoms with Gasteiger partial charge in [-0.1, -0.05) is 17.7 Å². The Labute approximate surface area is 168 Å². The van der Waals surface area contributed by atoms with Gasteiger partial charge in [-0.05, 0) is 49.6 Å². The normalized spacial score (nSPS) is 16.8. The molecule has 3 aromatic rings. The van der Waals surface area contributed by atoms with E-state index in [9.17, 15) is 4.79 Å².